The highest BCUT2D eigenvalue weighted by molar-refractivity contribution is 5.05. The van der Waals surface area contributed by atoms with Crippen LogP contribution in [0.15, 0.2) is 0 Å². The van der Waals surface area contributed by atoms with Gasteiger partial charge in [-0.25, -0.2) is 0 Å². The Kier molecular flexibility index (Phi) is 1.31. The molecular weight excluding hydrogens is 152 g/mol. The zero-order chi connectivity index (χ0) is 8.22. The molecule has 5 atom stereocenters. The van der Waals surface area contributed by atoms with Crippen LogP contribution in [-0.2, 0) is 4.74 Å². The van der Waals surface area contributed by atoms with Gasteiger partial charge in [-0.2, -0.15) is 0 Å². The summed E-state index contributed by atoms with van der Waals surface area (Å²) >= 11 is 0. The van der Waals surface area contributed by atoms with E-state index in [0.29, 0.717) is 0 Å². The third kappa shape index (κ3) is 0.771. The summed E-state index contributed by atoms with van der Waals surface area (Å²) in [6.07, 6.45) is -4.13. The van der Waals surface area contributed by atoms with E-state index in [0.717, 1.165) is 0 Å². The van der Waals surface area contributed by atoms with Crippen LogP contribution in [0.3, 0.4) is 0 Å². The van der Waals surface area contributed by atoms with E-state index in [1.807, 2.05) is 0 Å². The first kappa shape index (κ1) is 7.45. The fraction of sp³-hybridized carbons (Fsp3) is 1.00. The number of ether oxygens (including phenoxy) is 1. The zero-order valence-electron chi connectivity index (χ0n) is 5.71. The van der Waals surface area contributed by atoms with E-state index >= 15 is 0 Å². The van der Waals surface area contributed by atoms with Crippen molar-refractivity contribution in [2.24, 2.45) is 0 Å². The third-order valence-corrected chi connectivity index (χ3v) is 2.37. The van der Waals surface area contributed by atoms with E-state index in [1.54, 1.807) is 0 Å². The first-order valence-corrected chi connectivity index (χ1v) is 3.49. The van der Waals surface area contributed by atoms with Crippen molar-refractivity contribution in [1.29, 1.82) is 0 Å². The molecule has 0 aromatic carbocycles. The monoisotopic (exact) mass is 162 g/mol. The topological polar surface area (TPSA) is 90.2 Å². The molecule has 0 radical (unpaired) electrons. The minimum absolute atomic E-state index is 0.187. The molecule has 2 aliphatic heterocycles. The highest BCUT2D eigenvalue weighted by Gasteiger charge is 2.62. The Hall–Kier alpha value is -0.200. The summed E-state index contributed by atoms with van der Waals surface area (Å²) in [5.74, 6) is -1.62. The molecule has 11 heavy (non-hydrogen) atoms. The minimum Gasteiger partial charge on any atom is -0.388 e. The minimum atomic E-state index is -1.62. The van der Waals surface area contributed by atoms with Gasteiger partial charge in [0.05, 0.1) is 6.10 Å². The third-order valence-electron chi connectivity index (χ3n) is 2.37. The molecular formula is C6H10O5. The fourth-order valence-electron chi connectivity index (χ4n) is 1.60. The molecule has 5 nitrogen and oxygen atoms in total. The van der Waals surface area contributed by atoms with Crippen LogP contribution >= 0.6 is 0 Å². The van der Waals surface area contributed by atoms with Gasteiger partial charge in [-0.15, -0.1) is 0 Å². The van der Waals surface area contributed by atoms with E-state index in [1.165, 1.54) is 0 Å². The van der Waals surface area contributed by atoms with Crippen LogP contribution in [-0.4, -0.2) is 50.6 Å². The van der Waals surface area contributed by atoms with Crippen LogP contribution in [0.4, 0.5) is 0 Å². The molecule has 3 rings (SSSR count). The van der Waals surface area contributed by atoms with Crippen LogP contribution in [0.2, 0.25) is 0 Å². The SMILES string of the molecule is O[C@@H]1[C@@H](O)[C@H](O)C2(O)C[C@@H]1O2. The second kappa shape index (κ2) is 1.94. The van der Waals surface area contributed by atoms with Crippen LogP contribution in [0.25, 0.3) is 0 Å². The molecule has 3 aliphatic rings. The molecule has 1 aliphatic carbocycles. The summed E-state index contributed by atoms with van der Waals surface area (Å²) < 4.78 is 4.75. The van der Waals surface area contributed by atoms with Gasteiger partial charge in [0.15, 0.2) is 5.79 Å². The molecule has 64 valence electrons. The number of fused-ring (bicyclic) bond motifs is 2. The van der Waals surface area contributed by atoms with Crippen molar-refractivity contribution in [2.75, 3.05) is 0 Å². The Morgan fingerprint density at radius 3 is 2.18 bits per heavy atom. The molecule has 0 amide bonds. The van der Waals surface area contributed by atoms with E-state index in [4.69, 9.17) is 20.1 Å². The zero-order valence-corrected chi connectivity index (χ0v) is 5.71. The van der Waals surface area contributed by atoms with E-state index < -0.39 is 30.2 Å². The first-order chi connectivity index (χ1) is 5.04. The summed E-state index contributed by atoms with van der Waals surface area (Å²) in [5.41, 5.74) is 0. The van der Waals surface area contributed by atoms with Gasteiger partial charge < -0.3 is 25.2 Å². The lowest BCUT2D eigenvalue weighted by molar-refractivity contribution is -0.419. The number of rotatable bonds is 0. The molecule has 0 aromatic rings. The Morgan fingerprint density at radius 2 is 1.73 bits per heavy atom. The standard InChI is InChI=1S/C6H10O5/c7-3-2-1-6(10,11-2)5(9)4(3)8/h2-5,7-10H,1H2/t2-,3-,4+,5-,6?/m0/s1. The van der Waals surface area contributed by atoms with Gasteiger partial charge in [0, 0.05) is 6.42 Å². The van der Waals surface area contributed by atoms with Crippen LogP contribution in [0.5, 0.6) is 0 Å². The lowest BCUT2D eigenvalue weighted by Gasteiger charge is -2.55. The molecule has 4 N–H and O–H groups in total. The van der Waals surface area contributed by atoms with E-state index in [2.05, 4.69) is 0 Å². The Balaban J connectivity index is 2.19. The van der Waals surface area contributed by atoms with Crippen LogP contribution in [0, 0.1) is 0 Å². The van der Waals surface area contributed by atoms with Gasteiger partial charge in [-0.05, 0) is 0 Å². The molecule has 5 heteroatoms. The highest BCUT2D eigenvalue weighted by atomic mass is 16.7. The van der Waals surface area contributed by atoms with Crippen molar-refractivity contribution in [3.8, 4) is 0 Å². The van der Waals surface area contributed by atoms with E-state index in [9.17, 15) is 5.11 Å². The van der Waals surface area contributed by atoms with Gasteiger partial charge >= 0.3 is 0 Å². The molecule has 0 aromatic heterocycles. The molecule has 1 saturated carbocycles. The molecule has 0 spiro atoms. The fourth-order valence-corrected chi connectivity index (χ4v) is 1.60. The quantitative estimate of drug-likeness (QED) is 0.318. The second-order valence-corrected chi connectivity index (χ2v) is 3.13. The average Bonchev–Trinajstić information content (AvgIpc) is 1.91. The number of aliphatic hydroxyl groups excluding tert-OH is 3. The van der Waals surface area contributed by atoms with Gasteiger partial charge in [-0.1, -0.05) is 0 Å². The van der Waals surface area contributed by atoms with Gasteiger partial charge in [0.25, 0.3) is 0 Å². The largest absolute Gasteiger partial charge is 0.388 e. The highest BCUT2D eigenvalue weighted by Crippen LogP contribution is 2.42. The van der Waals surface area contributed by atoms with Crippen molar-refractivity contribution >= 4 is 0 Å². The number of aliphatic hydroxyl groups is 4. The van der Waals surface area contributed by atoms with Crippen molar-refractivity contribution < 1.29 is 25.2 Å². The Morgan fingerprint density at radius 1 is 1.18 bits per heavy atom. The van der Waals surface area contributed by atoms with Crippen molar-refractivity contribution in [3.05, 3.63) is 0 Å². The predicted molar refractivity (Wildman–Crippen MR) is 32.5 cm³/mol. The molecule has 2 bridgehead atoms. The lowest BCUT2D eigenvalue weighted by atomic mass is 9.79. The maximum Gasteiger partial charge on any atom is 0.197 e. The summed E-state index contributed by atoms with van der Waals surface area (Å²) in [7, 11) is 0. The van der Waals surface area contributed by atoms with Crippen LogP contribution in [0.1, 0.15) is 6.42 Å². The maximum absolute atomic E-state index is 9.25. The Bertz CT molecular complexity index is 176. The van der Waals surface area contributed by atoms with Crippen LogP contribution < -0.4 is 0 Å². The summed E-state index contributed by atoms with van der Waals surface area (Å²) in [4.78, 5) is 0. The van der Waals surface area contributed by atoms with Gasteiger partial charge in [0.1, 0.15) is 18.3 Å². The Labute approximate surface area is 62.8 Å². The summed E-state index contributed by atoms with van der Waals surface area (Å²) in [6.45, 7) is 0. The van der Waals surface area contributed by atoms with Gasteiger partial charge in [0.2, 0.25) is 0 Å². The van der Waals surface area contributed by atoms with Crippen molar-refractivity contribution in [2.45, 2.75) is 36.6 Å². The van der Waals surface area contributed by atoms with Crippen molar-refractivity contribution in [1.82, 2.24) is 0 Å². The lowest BCUT2D eigenvalue weighted by Crippen LogP contribution is -2.73. The smallest absolute Gasteiger partial charge is 0.197 e. The molecule has 1 unspecified atom stereocenters. The maximum atomic E-state index is 9.25. The van der Waals surface area contributed by atoms with Gasteiger partial charge in [-0.3, -0.25) is 0 Å². The summed E-state index contributed by atoms with van der Waals surface area (Å²) in [5, 5.41) is 36.6. The van der Waals surface area contributed by atoms with E-state index in [-0.39, 0.29) is 6.42 Å². The average molecular weight is 162 g/mol. The number of hydrogen-bond donors (Lipinski definition) is 4. The molecule has 2 saturated heterocycles. The molecule has 3 fully saturated rings. The predicted octanol–water partition coefficient (Wildman–Crippen LogP) is -2.44. The summed E-state index contributed by atoms with van der Waals surface area (Å²) in [6, 6.07) is 0. The second-order valence-electron chi connectivity index (χ2n) is 3.13. The normalized spacial score (nSPS) is 62.2. The van der Waals surface area contributed by atoms with Crippen molar-refractivity contribution in [3.63, 3.8) is 0 Å². The molecule has 2 heterocycles. The number of hydrogen-bond acceptors (Lipinski definition) is 5. The first-order valence-electron chi connectivity index (χ1n) is 3.49.